The Labute approximate surface area is 430 Å². The lowest BCUT2D eigenvalue weighted by atomic mass is 9.92. The highest BCUT2D eigenvalue weighted by Crippen LogP contribution is 2.38. The second-order valence-corrected chi connectivity index (χ2v) is 18.0. The number of aliphatic hydroxyl groups is 1. The molecular weight excluding hydrogens is 958 g/mol. The number of aryl methyl sites for hydroxylation is 1. The van der Waals surface area contributed by atoms with Crippen LogP contribution in [0, 0.1) is 42.4 Å². The number of methoxy groups -OCH3 is 2. The minimum absolute atomic E-state index is 0.0761. The molecular formula is C56H57Cl2N5O9. The number of nitrogens with one attached hydrogen (secondary N) is 1. The average Bonchev–Trinajstić information content (AvgIpc) is 3.37. The average molecular weight is 1020 g/mol. The van der Waals surface area contributed by atoms with E-state index >= 15 is 0 Å². The van der Waals surface area contributed by atoms with Gasteiger partial charge in [0.15, 0.2) is 0 Å². The summed E-state index contributed by atoms with van der Waals surface area (Å²) in [5, 5.41) is 43.0. The van der Waals surface area contributed by atoms with Crippen LogP contribution in [0.1, 0.15) is 75.9 Å². The van der Waals surface area contributed by atoms with E-state index in [1.807, 2.05) is 45.0 Å². The molecule has 0 spiro atoms. The molecule has 4 atom stereocenters. The van der Waals surface area contributed by atoms with Crippen LogP contribution in [0.25, 0.3) is 11.1 Å². The lowest BCUT2D eigenvalue weighted by Gasteiger charge is -2.24. The first kappa shape index (κ1) is 54.2. The minimum Gasteiger partial charge on any atom is -0.511 e. The number of pyridine rings is 2. The molecule has 0 aliphatic heterocycles. The number of hydrogen-bond acceptors (Lipinski definition) is 13. The van der Waals surface area contributed by atoms with Gasteiger partial charge in [-0.25, -0.2) is 0 Å². The number of halogens is 2. The molecule has 4 aromatic carbocycles. The third kappa shape index (κ3) is 14.0. The summed E-state index contributed by atoms with van der Waals surface area (Å²) in [4.78, 5) is 20.4. The maximum absolute atomic E-state index is 12.1. The number of nitrogens with zero attached hydrogens (tertiary/aromatic N) is 4. The number of rotatable bonds is 25. The van der Waals surface area contributed by atoms with E-state index in [4.69, 9.17) is 51.6 Å². The van der Waals surface area contributed by atoms with E-state index in [0.717, 1.165) is 33.4 Å². The van der Waals surface area contributed by atoms with Crippen LogP contribution in [0.4, 0.5) is 0 Å². The summed E-state index contributed by atoms with van der Waals surface area (Å²) in [5.41, 5.74) is 9.41. The molecule has 0 fully saturated rings. The third-order valence-corrected chi connectivity index (χ3v) is 13.1. The first-order valence-electron chi connectivity index (χ1n) is 23.0. The number of carbonyl (C=O) groups is 1. The molecule has 3 N–H and O–H groups in total. The second-order valence-electron chi connectivity index (χ2n) is 17.2. The Morgan fingerprint density at radius 2 is 1.14 bits per heavy atom. The summed E-state index contributed by atoms with van der Waals surface area (Å²) in [5.74, 6) is -0.0992. The van der Waals surface area contributed by atoms with Gasteiger partial charge in [0, 0.05) is 74.4 Å². The molecule has 0 bridgehead atoms. The first-order chi connectivity index (χ1) is 34.6. The maximum atomic E-state index is 12.1. The van der Waals surface area contributed by atoms with Gasteiger partial charge in [-0.05, 0) is 104 Å². The molecule has 16 heteroatoms. The molecule has 0 aliphatic rings. The molecule has 0 saturated heterocycles. The van der Waals surface area contributed by atoms with Crippen molar-refractivity contribution >= 4 is 29.2 Å². The monoisotopic (exact) mass is 1010 g/mol. The second kappa shape index (κ2) is 25.8. The van der Waals surface area contributed by atoms with Crippen LogP contribution in [-0.4, -0.2) is 58.6 Å². The molecule has 0 unspecified atom stereocenters. The number of hydrogen-bond donors (Lipinski definition) is 3. The highest BCUT2D eigenvalue weighted by atomic mass is 35.5. The highest BCUT2D eigenvalue weighted by Gasteiger charge is 2.26. The van der Waals surface area contributed by atoms with Crippen molar-refractivity contribution in [3.8, 4) is 46.3 Å². The predicted molar refractivity (Wildman–Crippen MR) is 274 cm³/mol. The molecule has 2 aromatic heterocycles. The van der Waals surface area contributed by atoms with Crippen molar-refractivity contribution in [1.82, 2.24) is 15.3 Å². The highest BCUT2D eigenvalue weighted by molar-refractivity contribution is 6.32. The number of aromatic nitrogens is 2. The standard InChI is InChI=1S/C56H57Cl2N5O9/c1-33-43(31-71-53-20-51(69-29-40-16-38(22-59)24-61-26-40)42(18-49(53)57)14-15-48(56(65)66)36(4)67-6)10-8-12-46(33)47-13-9-11-44(34(47)2)32-72-54-21-52(70-30-41-17-39(23-60)25-62-27-41)45(19-50(54)58)28-63-55(35(3)64)37(5)68-7/h8-13,16-21,24-27,36-37,48,55,63-64H,3,14-15,28-32H2,1-2,4-7H3,(H,65,66)/t36-,37-,48+,55-/m1/s1. The van der Waals surface area contributed by atoms with Gasteiger partial charge in [0.05, 0.1) is 45.3 Å². The van der Waals surface area contributed by atoms with E-state index in [1.54, 1.807) is 62.8 Å². The Morgan fingerprint density at radius 3 is 1.60 bits per heavy atom. The molecule has 6 aromatic rings. The summed E-state index contributed by atoms with van der Waals surface area (Å²) in [6.45, 7) is 12.2. The molecule has 374 valence electrons. The fourth-order valence-corrected chi connectivity index (χ4v) is 8.55. The molecule has 2 heterocycles. The van der Waals surface area contributed by atoms with Crippen LogP contribution in [0.15, 0.2) is 110 Å². The summed E-state index contributed by atoms with van der Waals surface area (Å²) in [6, 6.07) is 26.0. The zero-order valence-corrected chi connectivity index (χ0v) is 42.5. The Balaban J connectivity index is 1.22. The number of ether oxygens (including phenoxy) is 6. The smallest absolute Gasteiger partial charge is 0.309 e. The van der Waals surface area contributed by atoms with Crippen molar-refractivity contribution in [3.05, 3.63) is 176 Å². The fraction of sp³-hybridized carbons (Fsp3) is 0.304. The zero-order chi connectivity index (χ0) is 51.9. The number of nitriles is 2. The summed E-state index contributed by atoms with van der Waals surface area (Å²) < 4.78 is 36.2. The largest absolute Gasteiger partial charge is 0.511 e. The molecule has 0 aliphatic carbocycles. The van der Waals surface area contributed by atoms with Crippen LogP contribution in [0.5, 0.6) is 23.0 Å². The van der Waals surface area contributed by atoms with E-state index in [-0.39, 0.29) is 51.3 Å². The Bertz CT molecular complexity index is 2770. The summed E-state index contributed by atoms with van der Waals surface area (Å²) in [7, 11) is 3.04. The van der Waals surface area contributed by atoms with Crippen molar-refractivity contribution in [2.45, 2.75) is 91.8 Å². The van der Waals surface area contributed by atoms with Gasteiger partial charge in [-0.2, -0.15) is 10.5 Å². The minimum atomic E-state index is -0.961. The van der Waals surface area contributed by atoms with Crippen molar-refractivity contribution in [2.75, 3.05) is 14.2 Å². The number of aliphatic hydroxyl groups excluding tert-OH is 1. The molecule has 0 saturated carbocycles. The van der Waals surface area contributed by atoms with Crippen molar-refractivity contribution in [3.63, 3.8) is 0 Å². The zero-order valence-electron chi connectivity index (χ0n) is 41.0. The van der Waals surface area contributed by atoms with Crippen molar-refractivity contribution in [1.29, 1.82) is 10.5 Å². The van der Waals surface area contributed by atoms with Gasteiger partial charge in [0.2, 0.25) is 0 Å². The van der Waals surface area contributed by atoms with Gasteiger partial charge >= 0.3 is 5.97 Å². The lowest BCUT2D eigenvalue weighted by molar-refractivity contribution is -0.146. The predicted octanol–water partition coefficient (Wildman–Crippen LogP) is 11.4. The van der Waals surface area contributed by atoms with Gasteiger partial charge in [0.1, 0.15) is 67.3 Å². The molecule has 6 rings (SSSR count). The van der Waals surface area contributed by atoms with Crippen LogP contribution in [0.2, 0.25) is 10.0 Å². The number of aliphatic carboxylic acids is 1. The Kier molecular flexibility index (Phi) is 19.4. The quantitative estimate of drug-likeness (QED) is 0.0458. The maximum Gasteiger partial charge on any atom is 0.309 e. The lowest BCUT2D eigenvalue weighted by Crippen LogP contribution is -2.40. The normalized spacial score (nSPS) is 12.7. The van der Waals surface area contributed by atoms with Gasteiger partial charge < -0.3 is 44.0 Å². The van der Waals surface area contributed by atoms with E-state index in [2.05, 4.69) is 46.1 Å². The van der Waals surface area contributed by atoms with Crippen molar-refractivity contribution < 1.29 is 43.4 Å². The van der Waals surface area contributed by atoms with Crippen LogP contribution in [-0.2, 0) is 53.7 Å². The topological polar surface area (TPSA) is 198 Å². The Morgan fingerprint density at radius 1 is 0.667 bits per heavy atom. The van der Waals surface area contributed by atoms with Gasteiger partial charge in [0.25, 0.3) is 0 Å². The van der Waals surface area contributed by atoms with Crippen LogP contribution < -0.4 is 24.3 Å². The number of carboxylic acid groups (broad SMARTS) is 1. The van der Waals surface area contributed by atoms with E-state index < -0.39 is 24.0 Å². The SMILES string of the molecule is C=C(O)[C@@H](NCc1cc(Cl)c(OCc2cccc(-c3cccc(COc4cc(OCc5cncc(C#N)c5)c(CC[C@H](C(=O)O)[C@@H](C)OC)cc4Cl)c3C)c2C)cc1OCc1cncc(C#N)c1)[C@@H](C)OC. The fourth-order valence-electron chi connectivity index (χ4n) is 8.07. The van der Waals surface area contributed by atoms with Gasteiger partial charge in [-0.3, -0.25) is 14.8 Å². The molecule has 0 amide bonds. The molecule has 72 heavy (non-hydrogen) atoms. The van der Waals surface area contributed by atoms with E-state index in [0.29, 0.717) is 72.8 Å². The van der Waals surface area contributed by atoms with Gasteiger partial charge in [-0.15, -0.1) is 0 Å². The van der Waals surface area contributed by atoms with Crippen molar-refractivity contribution in [2.24, 2.45) is 5.92 Å². The Hall–Kier alpha value is -7.17. The summed E-state index contributed by atoms with van der Waals surface area (Å²) >= 11 is 13.8. The molecule has 14 nitrogen and oxygen atoms in total. The van der Waals surface area contributed by atoms with Crippen LogP contribution >= 0.6 is 23.2 Å². The van der Waals surface area contributed by atoms with E-state index in [1.165, 1.54) is 19.5 Å². The van der Waals surface area contributed by atoms with Crippen LogP contribution in [0.3, 0.4) is 0 Å². The number of carboxylic acids is 1. The third-order valence-electron chi connectivity index (χ3n) is 12.5. The van der Waals surface area contributed by atoms with E-state index in [9.17, 15) is 25.5 Å². The number of benzene rings is 4. The van der Waals surface area contributed by atoms with Gasteiger partial charge in [-0.1, -0.05) is 66.2 Å². The molecule has 0 radical (unpaired) electrons. The summed E-state index contributed by atoms with van der Waals surface area (Å²) in [6.07, 6.45) is 5.92. The first-order valence-corrected chi connectivity index (χ1v) is 23.8.